The Morgan fingerprint density at radius 1 is 1.13 bits per heavy atom. The third-order valence-corrected chi connectivity index (χ3v) is 4.40. The molecule has 1 amide bonds. The molecule has 2 unspecified atom stereocenters. The third kappa shape index (κ3) is 3.42. The first-order valence-electron chi connectivity index (χ1n) is 7.40. The number of amides is 1. The molecule has 0 radical (unpaired) electrons. The second-order valence-electron chi connectivity index (χ2n) is 5.56. The van der Waals surface area contributed by atoms with Gasteiger partial charge in [-0.15, -0.1) is 0 Å². The Balaban J connectivity index is 1.70. The van der Waals surface area contributed by atoms with Crippen molar-refractivity contribution >= 4 is 23.2 Å². The van der Waals surface area contributed by atoms with Gasteiger partial charge in [0, 0.05) is 34.8 Å². The first kappa shape index (κ1) is 15.7. The molecule has 1 aliphatic carbocycles. The van der Waals surface area contributed by atoms with Gasteiger partial charge < -0.3 is 14.8 Å². The highest BCUT2D eigenvalue weighted by molar-refractivity contribution is 6.31. The Hall–Kier alpha value is -2.20. The van der Waals surface area contributed by atoms with E-state index in [0.717, 1.165) is 17.0 Å². The van der Waals surface area contributed by atoms with Crippen LogP contribution in [-0.2, 0) is 4.79 Å². The molecule has 5 heteroatoms. The van der Waals surface area contributed by atoms with Crippen LogP contribution in [0.3, 0.4) is 0 Å². The highest BCUT2D eigenvalue weighted by atomic mass is 35.5. The number of benzene rings is 2. The summed E-state index contributed by atoms with van der Waals surface area (Å²) in [5.41, 5.74) is 1.70. The van der Waals surface area contributed by atoms with Gasteiger partial charge in [0.1, 0.15) is 11.5 Å². The molecule has 2 aromatic carbocycles. The van der Waals surface area contributed by atoms with E-state index in [2.05, 4.69) is 5.32 Å². The van der Waals surface area contributed by atoms with Gasteiger partial charge in [-0.2, -0.15) is 0 Å². The van der Waals surface area contributed by atoms with Gasteiger partial charge >= 0.3 is 0 Å². The number of hydrogen-bond acceptors (Lipinski definition) is 3. The van der Waals surface area contributed by atoms with Crippen LogP contribution in [0.4, 0.5) is 5.69 Å². The minimum Gasteiger partial charge on any atom is -0.497 e. The van der Waals surface area contributed by atoms with Crippen molar-refractivity contribution in [2.45, 2.75) is 12.3 Å². The molecule has 23 heavy (non-hydrogen) atoms. The van der Waals surface area contributed by atoms with Crippen LogP contribution in [0.15, 0.2) is 42.5 Å². The van der Waals surface area contributed by atoms with Crippen molar-refractivity contribution in [2.24, 2.45) is 5.92 Å². The van der Waals surface area contributed by atoms with Crippen molar-refractivity contribution in [3.63, 3.8) is 0 Å². The zero-order valence-corrected chi connectivity index (χ0v) is 13.8. The lowest BCUT2D eigenvalue weighted by molar-refractivity contribution is -0.117. The Morgan fingerprint density at radius 2 is 1.78 bits per heavy atom. The molecule has 120 valence electrons. The standard InChI is InChI=1S/C18H18ClNO3/c1-22-12-7-11(8-13(9-12)23-2)20-18(21)16-10-15(16)14-5-3-4-6-17(14)19/h3-9,15-16H,10H2,1-2H3,(H,20,21). The first-order chi connectivity index (χ1) is 11.1. The fraction of sp³-hybridized carbons (Fsp3) is 0.278. The summed E-state index contributed by atoms with van der Waals surface area (Å²) >= 11 is 6.20. The molecule has 2 aromatic rings. The SMILES string of the molecule is COc1cc(NC(=O)C2CC2c2ccccc2Cl)cc(OC)c1. The molecule has 3 rings (SSSR count). The number of nitrogens with one attached hydrogen (secondary N) is 1. The highest BCUT2D eigenvalue weighted by Gasteiger charge is 2.44. The molecule has 2 atom stereocenters. The fourth-order valence-corrected chi connectivity index (χ4v) is 2.99. The van der Waals surface area contributed by atoms with Crippen molar-refractivity contribution in [1.29, 1.82) is 0 Å². The molecule has 4 nitrogen and oxygen atoms in total. The molecule has 0 aromatic heterocycles. The number of carbonyl (C=O) groups is 1. The maximum atomic E-state index is 12.4. The van der Waals surface area contributed by atoms with Crippen molar-refractivity contribution in [3.05, 3.63) is 53.1 Å². The van der Waals surface area contributed by atoms with E-state index in [1.807, 2.05) is 24.3 Å². The van der Waals surface area contributed by atoms with Crippen LogP contribution in [0, 0.1) is 5.92 Å². The Labute approximate surface area is 140 Å². The van der Waals surface area contributed by atoms with Gasteiger partial charge in [-0.25, -0.2) is 0 Å². The monoisotopic (exact) mass is 331 g/mol. The summed E-state index contributed by atoms with van der Waals surface area (Å²) in [4.78, 5) is 12.4. The average molecular weight is 332 g/mol. The van der Waals surface area contributed by atoms with Gasteiger partial charge in [-0.05, 0) is 24.0 Å². The summed E-state index contributed by atoms with van der Waals surface area (Å²) in [6.45, 7) is 0. The number of rotatable bonds is 5. The minimum atomic E-state index is -0.0490. The Bertz CT molecular complexity index is 710. The molecule has 0 bridgehead atoms. The van der Waals surface area contributed by atoms with E-state index in [-0.39, 0.29) is 17.7 Å². The van der Waals surface area contributed by atoms with E-state index in [1.165, 1.54) is 0 Å². The normalized spacial score (nSPS) is 19.1. The van der Waals surface area contributed by atoms with Crippen molar-refractivity contribution in [2.75, 3.05) is 19.5 Å². The largest absolute Gasteiger partial charge is 0.497 e. The van der Waals surface area contributed by atoms with E-state index >= 15 is 0 Å². The zero-order valence-electron chi connectivity index (χ0n) is 13.0. The van der Waals surface area contributed by atoms with Gasteiger partial charge in [-0.3, -0.25) is 4.79 Å². The van der Waals surface area contributed by atoms with Gasteiger partial charge in [0.05, 0.1) is 14.2 Å². The third-order valence-electron chi connectivity index (χ3n) is 4.05. The van der Waals surface area contributed by atoms with Crippen molar-refractivity contribution < 1.29 is 14.3 Å². The Kier molecular flexibility index (Phi) is 4.44. The molecule has 0 spiro atoms. The topological polar surface area (TPSA) is 47.6 Å². The van der Waals surface area contributed by atoms with Crippen LogP contribution in [0.1, 0.15) is 17.9 Å². The molecular formula is C18H18ClNO3. The minimum absolute atomic E-state index is 0.00905. The lowest BCUT2D eigenvalue weighted by Gasteiger charge is -2.10. The predicted molar refractivity (Wildman–Crippen MR) is 90.5 cm³/mol. The van der Waals surface area contributed by atoms with Crippen LogP contribution in [-0.4, -0.2) is 20.1 Å². The molecule has 1 saturated carbocycles. The second kappa shape index (κ2) is 6.50. The van der Waals surface area contributed by atoms with Crippen LogP contribution < -0.4 is 14.8 Å². The zero-order chi connectivity index (χ0) is 16.4. The molecular weight excluding hydrogens is 314 g/mol. The summed E-state index contributed by atoms with van der Waals surface area (Å²) in [6, 6.07) is 13.0. The predicted octanol–water partition coefficient (Wildman–Crippen LogP) is 4.10. The van der Waals surface area contributed by atoms with E-state index < -0.39 is 0 Å². The molecule has 1 aliphatic rings. The smallest absolute Gasteiger partial charge is 0.228 e. The summed E-state index contributed by atoms with van der Waals surface area (Å²) in [5, 5.41) is 3.65. The molecule has 0 aliphatic heterocycles. The van der Waals surface area contributed by atoms with Crippen LogP contribution >= 0.6 is 11.6 Å². The molecule has 0 heterocycles. The van der Waals surface area contributed by atoms with Crippen LogP contribution in [0.2, 0.25) is 5.02 Å². The van der Waals surface area contributed by atoms with Crippen LogP contribution in [0.25, 0.3) is 0 Å². The fourth-order valence-electron chi connectivity index (χ4n) is 2.72. The maximum Gasteiger partial charge on any atom is 0.228 e. The van der Waals surface area contributed by atoms with E-state index in [1.54, 1.807) is 32.4 Å². The average Bonchev–Trinajstić information content (AvgIpc) is 3.35. The molecule has 1 N–H and O–H groups in total. The number of hydrogen-bond donors (Lipinski definition) is 1. The first-order valence-corrected chi connectivity index (χ1v) is 7.78. The van der Waals surface area contributed by atoms with Gasteiger partial charge in [-0.1, -0.05) is 29.8 Å². The van der Waals surface area contributed by atoms with Gasteiger partial charge in [0.25, 0.3) is 0 Å². The second-order valence-corrected chi connectivity index (χ2v) is 5.97. The summed E-state index contributed by atoms with van der Waals surface area (Å²) in [7, 11) is 3.16. The van der Waals surface area contributed by atoms with E-state index in [4.69, 9.17) is 21.1 Å². The number of ether oxygens (including phenoxy) is 2. The van der Waals surface area contributed by atoms with Crippen molar-refractivity contribution in [1.82, 2.24) is 0 Å². The molecule has 1 fully saturated rings. The number of methoxy groups -OCH3 is 2. The van der Waals surface area contributed by atoms with E-state index in [9.17, 15) is 4.79 Å². The lowest BCUT2D eigenvalue weighted by Crippen LogP contribution is -2.14. The summed E-state index contributed by atoms with van der Waals surface area (Å²) in [5.74, 6) is 1.41. The number of halogens is 1. The summed E-state index contributed by atoms with van der Waals surface area (Å²) in [6.07, 6.45) is 0.816. The lowest BCUT2D eigenvalue weighted by atomic mass is 10.1. The highest BCUT2D eigenvalue weighted by Crippen LogP contribution is 2.50. The Morgan fingerprint density at radius 3 is 2.39 bits per heavy atom. The van der Waals surface area contributed by atoms with E-state index in [0.29, 0.717) is 17.2 Å². The van der Waals surface area contributed by atoms with Crippen LogP contribution in [0.5, 0.6) is 11.5 Å². The van der Waals surface area contributed by atoms with Gasteiger partial charge in [0.15, 0.2) is 0 Å². The maximum absolute atomic E-state index is 12.4. The van der Waals surface area contributed by atoms with Gasteiger partial charge in [0.2, 0.25) is 5.91 Å². The number of carbonyl (C=O) groups excluding carboxylic acids is 1. The van der Waals surface area contributed by atoms with Crippen molar-refractivity contribution in [3.8, 4) is 11.5 Å². The summed E-state index contributed by atoms with van der Waals surface area (Å²) < 4.78 is 10.4. The number of anilines is 1. The molecule has 0 saturated heterocycles. The quantitative estimate of drug-likeness (QED) is 0.897.